The summed E-state index contributed by atoms with van der Waals surface area (Å²) in [5.74, 6) is -1.67. The van der Waals surface area contributed by atoms with Crippen molar-refractivity contribution in [2.24, 2.45) is 0 Å². The zero-order valence-corrected chi connectivity index (χ0v) is 18.3. The van der Waals surface area contributed by atoms with Gasteiger partial charge in [-0.25, -0.2) is 14.4 Å². The fraction of sp³-hybridized carbons (Fsp3) is 0.750. The van der Waals surface area contributed by atoms with E-state index in [2.05, 4.69) is 16.0 Å². The van der Waals surface area contributed by atoms with E-state index in [9.17, 15) is 19.2 Å². The number of ether oxygens (including phenoxy) is 2. The highest BCUT2D eigenvalue weighted by Crippen LogP contribution is 2.17. The molecule has 0 saturated carbocycles. The monoisotopic (exact) mass is 501 g/mol. The minimum atomic E-state index is -1.26. The summed E-state index contributed by atoms with van der Waals surface area (Å²) in [4.78, 5) is 46.0. The van der Waals surface area contributed by atoms with Gasteiger partial charge in [0.15, 0.2) is 3.61 Å². The van der Waals surface area contributed by atoms with Gasteiger partial charge >= 0.3 is 18.2 Å². The van der Waals surface area contributed by atoms with Crippen molar-refractivity contribution >= 4 is 46.7 Å². The minimum Gasteiger partial charge on any atom is -0.480 e. The average molecular weight is 501 g/mol. The number of halogens is 1. The molecule has 0 rings (SSSR count). The molecule has 0 aliphatic rings. The van der Waals surface area contributed by atoms with Gasteiger partial charge in [-0.15, -0.1) is 0 Å². The van der Waals surface area contributed by atoms with E-state index in [0.29, 0.717) is 0 Å². The lowest BCUT2D eigenvalue weighted by Crippen LogP contribution is -2.44. The van der Waals surface area contributed by atoms with Crippen molar-refractivity contribution in [2.75, 3.05) is 13.1 Å². The van der Waals surface area contributed by atoms with Crippen LogP contribution in [0, 0.1) is 0 Å². The summed E-state index contributed by atoms with van der Waals surface area (Å²) >= 11 is 1.96. The Morgan fingerprint density at radius 3 is 2.00 bits per heavy atom. The van der Waals surface area contributed by atoms with Gasteiger partial charge in [0.1, 0.15) is 11.6 Å². The van der Waals surface area contributed by atoms with Crippen LogP contribution in [-0.4, -0.2) is 57.5 Å². The van der Waals surface area contributed by atoms with Crippen LogP contribution in [0.4, 0.5) is 9.59 Å². The van der Waals surface area contributed by atoms with E-state index in [-0.39, 0.29) is 25.9 Å². The van der Waals surface area contributed by atoms with Crippen LogP contribution in [0.2, 0.25) is 0 Å². The number of alkyl halides is 1. The Hall–Kier alpha value is -1.79. The first-order valence-electron chi connectivity index (χ1n) is 8.34. The lowest BCUT2D eigenvalue weighted by atomic mass is 10.1. The molecule has 0 aliphatic carbocycles. The molecule has 0 aliphatic heterocycles. The molecular weight excluding hydrogens is 473 g/mol. The van der Waals surface area contributed by atoms with Crippen LogP contribution in [0.15, 0.2) is 0 Å². The maximum atomic E-state index is 11.8. The van der Waals surface area contributed by atoms with Crippen LogP contribution in [0.25, 0.3) is 0 Å². The van der Waals surface area contributed by atoms with Crippen molar-refractivity contribution < 1.29 is 33.8 Å². The van der Waals surface area contributed by atoms with E-state index in [1.807, 2.05) is 22.6 Å². The van der Waals surface area contributed by atoms with Crippen molar-refractivity contribution in [1.82, 2.24) is 16.0 Å². The van der Waals surface area contributed by atoms with Gasteiger partial charge in [-0.2, -0.15) is 0 Å². The first-order valence-corrected chi connectivity index (χ1v) is 9.42. The maximum Gasteiger partial charge on any atom is 0.408 e. The second kappa shape index (κ2) is 11.1. The third kappa shape index (κ3) is 15.0. The fourth-order valence-corrected chi connectivity index (χ4v) is 1.89. The number of amides is 3. The smallest absolute Gasteiger partial charge is 0.408 e. The number of carbonyl (C=O) groups is 4. The van der Waals surface area contributed by atoms with Crippen molar-refractivity contribution in [3.05, 3.63) is 0 Å². The molecule has 156 valence electrons. The van der Waals surface area contributed by atoms with Crippen molar-refractivity contribution in [2.45, 2.75) is 62.7 Å². The number of hydrogen-bond acceptors (Lipinski definition) is 6. The summed E-state index contributed by atoms with van der Waals surface area (Å²) in [6.45, 7) is 8.73. The van der Waals surface area contributed by atoms with Crippen LogP contribution >= 0.6 is 22.6 Å². The number of rotatable bonds is 9. The largest absolute Gasteiger partial charge is 0.480 e. The lowest BCUT2D eigenvalue weighted by Gasteiger charge is -2.22. The summed E-state index contributed by atoms with van der Waals surface area (Å²) in [6, 6.07) is -1.25. The van der Waals surface area contributed by atoms with Crippen molar-refractivity contribution in [1.29, 1.82) is 0 Å². The quantitative estimate of drug-likeness (QED) is 0.214. The van der Waals surface area contributed by atoms with Crippen molar-refractivity contribution in [3.8, 4) is 0 Å². The maximum absolute atomic E-state index is 11.8. The topological polar surface area (TPSA) is 143 Å². The molecule has 0 aromatic heterocycles. The molecular formula is C16H28IN3O7. The highest BCUT2D eigenvalue weighted by Gasteiger charge is 2.24. The summed E-state index contributed by atoms with van der Waals surface area (Å²) in [5.41, 5.74) is -0.759. The Kier molecular flexibility index (Phi) is 10.4. The van der Waals surface area contributed by atoms with E-state index >= 15 is 0 Å². The van der Waals surface area contributed by atoms with Gasteiger partial charge in [0.25, 0.3) is 0 Å². The highest BCUT2D eigenvalue weighted by molar-refractivity contribution is 14.1. The summed E-state index contributed by atoms with van der Waals surface area (Å²) < 4.78 is 9.38. The molecule has 0 heterocycles. The van der Waals surface area contributed by atoms with Gasteiger partial charge in [-0.1, -0.05) is 0 Å². The minimum absolute atomic E-state index is 0.0983. The Morgan fingerprint density at radius 1 is 0.963 bits per heavy atom. The summed E-state index contributed by atoms with van der Waals surface area (Å²) in [6.07, 6.45) is -1.68. The molecule has 0 aromatic rings. The first-order chi connectivity index (χ1) is 12.2. The first kappa shape index (κ1) is 25.2. The molecule has 4 N–H and O–H groups in total. The zero-order valence-electron chi connectivity index (χ0n) is 16.2. The number of nitrogens with one attached hydrogen (secondary N) is 3. The molecule has 0 fully saturated rings. The van der Waals surface area contributed by atoms with E-state index < -0.39 is 39.3 Å². The van der Waals surface area contributed by atoms with Crippen LogP contribution in [0.3, 0.4) is 0 Å². The fourth-order valence-electron chi connectivity index (χ4n) is 1.69. The molecule has 0 unspecified atom stereocenters. The third-order valence-electron chi connectivity index (χ3n) is 2.70. The van der Waals surface area contributed by atoms with Crippen LogP contribution in [0.1, 0.15) is 47.5 Å². The van der Waals surface area contributed by atoms with Gasteiger partial charge in [-0.3, -0.25) is 4.79 Å². The van der Waals surface area contributed by atoms with Crippen molar-refractivity contribution in [3.63, 3.8) is 0 Å². The second-order valence-electron chi connectivity index (χ2n) is 7.11. The third-order valence-corrected chi connectivity index (χ3v) is 2.92. The molecule has 10 nitrogen and oxygen atoms in total. The van der Waals surface area contributed by atoms with Gasteiger partial charge in [0.2, 0.25) is 5.91 Å². The summed E-state index contributed by atoms with van der Waals surface area (Å²) in [7, 11) is 0. The Morgan fingerprint density at radius 2 is 1.52 bits per heavy atom. The van der Waals surface area contributed by atoms with Crippen LogP contribution < -0.4 is 16.0 Å². The molecule has 3 amide bonds. The van der Waals surface area contributed by atoms with E-state index in [0.717, 1.165) is 0 Å². The molecule has 0 spiro atoms. The standard InChI is InChI=1S/C16H28IN3O7/c1-15(2,3)26-14(25)20-10(12(22)23)6-7-11(21)18-8-9-19-13(24)27-16(4,5)17/h10H,6-9H2,1-5H3,(H,18,21)(H,19,24)(H,20,25)(H,22,23)/t10-/m0/s1. The number of carboxylic acid groups (broad SMARTS) is 1. The normalized spacial score (nSPS) is 12.5. The second-order valence-corrected chi connectivity index (χ2v) is 9.70. The van der Waals surface area contributed by atoms with Gasteiger partial charge in [0, 0.05) is 19.5 Å². The molecule has 0 saturated heterocycles. The lowest BCUT2D eigenvalue weighted by molar-refractivity contribution is -0.139. The van der Waals surface area contributed by atoms with Gasteiger partial charge < -0.3 is 30.5 Å². The van der Waals surface area contributed by atoms with E-state index in [1.165, 1.54) is 0 Å². The van der Waals surface area contributed by atoms with Crippen LogP contribution in [0.5, 0.6) is 0 Å². The highest BCUT2D eigenvalue weighted by atomic mass is 127. The number of carbonyl (C=O) groups excluding carboxylic acids is 3. The molecule has 27 heavy (non-hydrogen) atoms. The number of hydrogen-bond donors (Lipinski definition) is 4. The molecule has 0 bridgehead atoms. The number of aliphatic carboxylic acids is 1. The van der Waals surface area contributed by atoms with Crippen LogP contribution in [-0.2, 0) is 19.1 Å². The molecule has 0 aromatic carbocycles. The van der Waals surface area contributed by atoms with E-state index in [4.69, 9.17) is 14.6 Å². The Balaban J connectivity index is 4.16. The molecule has 1 atom stereocenters. The Labute approximate surface area is 172 Å². The van der Waals surface area contributed by atoms with E-state index in [1.54, 1.807) is 34.6 Å². The predicted octanol–water partition coefficient (Wildman–Crippen LogP) is 1.76. The summed E-state index contributed by atoms with van der Waals surface area (Å²) in [5, 5.41) is 16.4. The molecule has 0 radical (unpaired) electrons. The molecule has 11 heteroatoms. The average Bonchev–Trinajstić information content (AvgIpc) is 2.43. The predicted molar refractivity (Wildman–Crippen MR) is 106 cm³/mol. The number of alkyl carbamates (subject to hydrolysis) is 2. The van der Waals surface area contributed by atoms with Gasteiger partial charge in [0.05, 0.1) is 0 Å². The number of carboxylic acids is 1. The zero-order chi connectivity index (χ0) is 21.3. The Bertz CT molecular complexity index is 541. The SMILES string of the molecule is CC(C)(C)OC(=O)N[C@@H](CCC(=O)NCCNC(=O)OC(C)(C)I)C(=O)O. The van der Waals surface area contributed by atoms with Gasteiger partial charge in [-0.05, 0) is 63.6 Å².